The summed E-state index contributed by atoms with van der Waals surface area (Å²) in [5, 5.41) is 15.9. The van der Waals surface area contributed by atoms with Crippen LogP contribution in [0.5, 0.6) is 11.5 Å². The average Bonchev–Trinajstić information content (AvgIpc) is 3.38. The van der Waals surface area contributed by atoms with Crippen LogP contribution in [0.15, 0.2) is 60.9 Å². The molecule has 1 saturated heterocycles. The van der Waals surface area contributed by atoms with Crippen LogP contribution in [0.2, 0.25) is 0 Å². The van der Waals surface area contributed by atoms with Crippen molar-refractivity contribution in [2.24, 2.45) is 5.73 Å². The van der Waals surface area contributed by atoms with Crippen LogP contribution in [0, 0.1) is 5.82 Å². The van der Waals surface area contributed by atoms with E-state index in [0.717, 1.165) is 19.5 Å². The molecule has 1 fully saturated rings. The molecule has 1 unspecified atom stereocenters. The van der Waals surface area contributed by atoms with Gasteiger partial charge in [0.25, 0.3) is 5.91 Å². The van der Waals surface area contributed by atoms with Crippen LogP contribution in [-0.4, -0.2) is 53.9 Å². The first-order valence-corrected chi connectivity index (χ1v) is 10.7. The van der Waals surface area contributed by atoms with E-state index in [1.165, 1.54) is 43.5 Å². The van der Waals surface area contributed by atoms with Crippen molar-refractivity contribution in [3.05, 3.63) is 89.0 Å². The van der Waals surface area contributed by atoms with E-state index < -0.39 is 28.8 Å². The minimum atomic E-state index is -0.943. The molecular weight excluding hydrogens is 455 g/mol. The zero-order valence-electron chi connectivity index (χ0n) is 19.0. The molecule has 2 amide bonds. The Morgan fingerprint density at radius 3 is 2.29 bits per heavy atom. The lowest BCUT2D eigenvalue weighted by molar-refractivity contribution is 0.0938. The Bertz CT molecular complexity index is 1200. The highest BCUT2D eigenvalue weighted by molar-refractivity contribution is 6.11. The number of methoxy groups -OCH3 is 1. The van der Waals surface area contributed by atoms with Gasteiger partial charge in [0.15, 0.2) is 17.3 Å². The van der Waals surface area contributed by atoms with Gasteiger partial charge in [0.1, 0.15) is 11.3 Å². The molecule has 2 aromatic carbocycles. The third kappa shape index (κ3) is 6.39. The fraction of sp³-hybridized carbons (Fsp3) is 0.200. The molecule has 3 aromatic rings. The second-order valence-electron chi connectivity index (χ2n) is 7.65. The lowest BCUT2D eigenvalue weighted by Gasteiger charge is -2.10. The maximum atomic E-state index is 14.1. The van der Waals surface area contributed by atoms with Crippen molar-refractivity contribution in [3.8, 4) is 11.5 Å². The Morgan fingerprint density at radius 1 is 1.06 bits per heavy atom. The van der Waals surface area contributed by atoms with Crippen LogP contribution in [0.1, 0.15) is 43.1 Å². The van der Waals surface area contributed by atoms with Crippen LogP contribution in [-0.2, 0) is 0 Å². The van der Waals surface area contributed by atoms with Crippen LogP contribution < -0.4 is 21.1 Å². The Kier molecular flexibility index (Phi) is 8.47. The van der Waals surface area contributed by atoms with Gasteiger partial charge in [-0.05, 0) is 49.4 Å². The highest BCUT2D eigenvalue weighted by Crippen LogP contribution is 2.30. The number of ether oxygens (including phenoxy) is 1. The van der Waals surface area contributed by atoms with Gasteiger partial charge >= 0.3 is 0 Å². The SMILES string of the molecule is COc1ccc(O)c(C(=O)c2ccc(C(N)=O)cc2)c1F.O=C(NC1CCNC1)c1ccncc1. The summed E-state index contributed by atoms with van der Waals surface area (Å²) in [5.41, 5.74) is 5.62. The Labute approximate surface area is 201 Å². The van der Waals surface area contributed by atoms with E-state index in [1.807, 2.05) is 0 Å². The number of ketones is 1. The molecule has 1 aliphatic rings. The summed E-state index contributed by atoms with van der Waals surface area (Å²) in [4.78, 5) is 38.7. The number of carbonyl (C=O) groups is 3. The van der Waals surface area contributed by atoms with Gasteiger partial charge in [0.2, 0.25) is 5.91 Å². The number of carbonyl (C=O) groups excluding carboxylic acids is 3. The number of primary amides is 1. The van der Waals surface area contributed by atoms with Gasteiger partial charge in [0, 0.05) is 41.7 Å². The molecule has 9 nitrogen and oxygen atoms in total. The molecule has 35 heavy (non-hydrogen) atoms. The molecule has 0 bridgehead atoms. The number of benzene rings is 2. The molecule has 10 heteroatoms. The maximum Gasteiger partial charge on any atom is 0.251 e. The molecule has 1 atom stereocenters. The number of rotatable bonds is 6. The van der Waals surface area contributed by atoms with Crippen LogP contribution in [0.4, 0.5) is 4.39 Å². The van der Waals surface area contributed by atoms with Gasteiger partial charge in [-0.3, -0.25) is 19.4 Å². The summed E-state index contributed by atoms with van der Waals surface area (Å²) >= 11 is 0. The molecule has 0 spiro atoms. The standard InChI is InChI=1S/C15H12FNO4.C10H13N3O/c1-21-11-7-6-10(18)12(13(11)16)14(19)8-2-4-9(5-3-8)15(17)20;14-10(8-1-4-11-5-2-8)13-9-3-6-12-7-9/h2-7,18H,1H3,(H2,17,20);1-2,4-5,9,12H,3,6-7H2,(H,13,14). The van der Waals surface area contributed by atoms with Crippen molar-refractivity contribution in [1.29, 1.82) is 0 Å². The second-order valence-corrected chi connectivity index (χ2v) is 7.65. The number of nitrogens with zero attached hydrogens (tertiary/aromatic N) is 1. The fourth-order valence-electron chi connectivity index (χ4n) is 3.40. The second kappa shape index (κ2) is 11.7. The van der Waals surface area contributed by atoms with Gasteiger partial charge in [-0.1, -0.05) is 12.1 Å². The lowest BCUT2D eigenvalue weighted by Crippen LogP contribution is -2.36. The first-order valence-electron chi connectivity index (χ1n) is 10.7. The van der Waals surface area contributed by atoms with Crippen molar-refractivity contribution in [2.75, 3.05) is 20.2 Å². The van der Waals surface area contributed by atoms with Gasteiger partial charge in [-0.2, -0.15) is 0 Å². The highest BCUT2D eigenvalue weighted by Gasteiger charge is 2.22. The summed E-state index contributed by atoms with van der Waals surface area (Å²) in [5.74, 6) is -2.95. The number of aromatic nitrogens is 1. The fourth-order valence-corrected chi connectivity index (χ4v) is 3.40. The average molecular weight is 480 g/mol. The van der Waals surface area contributed by atoms with Crippen LogP contribution in [0.25, 0.3) is 0 Å². The zero-order chi connectivity index (χ0) is 25.4. The summed E-state index contributed by atoms with van der Waals surface area (Å²) in [6.45, 7) is 1.86. The lowest BCUT2D eigenvalue weighted by atomic mass is 10.00. The quantitative estimate of drug-likeness (QED) is 0.395. The van der Waals surface area contributed by atoms with Gasteiger partial charge < -0.3 is 26.2 Å². The molecule has 182 valence electrons. The smallest absolute Gasteiger partial charge is 0.251 e. The first kappa shape index (κ1) is 25.3. The number of nitrogens with one attached hydrogen (secondary N) is 2. The predicted octanol–water partition coefficient (Wildman–Crippen LogP) is 2.04. The first-order chi connectivity index (χ1) is 16.8. The van der Waals surface area contributed by atoms with Crippen molar-refractivity contribution in [3.63, 3.8) is 0 Å². The van der Waals surface area contributed by atoms with Crippen LogP contribution >= 0.6 is 0 Å². The number of phenols is 1. The summed E-state index contributed by atoms with van der Waals surface area (Å²) < 4.78 is 18.9. The molecule has 0 aliphatic carbocycles. The van der Waals surface area contributed by atoms with Gasteiger partial charge in [0.05, 0.1) is 7.11 Å². The van der Waals surface area contributed by atoms with Crippen molar-refractivity contribution >= 4 is 17.6 Å². The van der Waals surface area contributed by atoms with Crippen molar-refractivity contribution in [2.45, 2.75) is 12.5 Å². The summed E-state index contributed by atoms with van der Waals surface area (Å²) in [7, 11) is 1.26. The zero-order valence-corrected chi connectivity index (χ0v) is 19.0. The van der Waals surface area contributed by atoms with E-state index >= 15 is 0 Å². The number of hydrogen-bond acceptors (Lipinski definition) is 7. The van der Waals surface area contributed by atoms with Gasteiger partial charge in [-0.25, -0.2) is 4.39 Å². The van der Waals surface area contributed by atoms with E-state index in [-0.39, 0.29) is 28.8 Å². The number of phenolic OH excluding ortho intramolecular Hbond substituents is 1. The largest absolute Gasteiger partial charge is 0.507 e. The van der Waals surface area contributed by atoms with E-state index in [1.54, 1.807) is 24.5 Å². The molecule has 4 rings (SSSR count). The summed E-state index contributed by atoms with van der Waals surface area (Å²) in [6, 6.07) is 11.5. The topological polar surface area (TPSA) is 144 Å². The molecule has 0 radical (unpaired) electrons. The normalized spacial score (nSPS) is 14.4. The monoisotopic (exact) mass is 480 g/mol. The maximum absolute atomic E-state index is 14.1. The molecule has 5 N–H and O–H groups in total. The minimum absolute atomic E-state index is 0.0129. The van der Waals surface area contributed by atoms with E-state index in [2.05, 4.69) is 15.6 Å². The minimum Gasteiger partial charge on any atom is -0.507 e. The number of aromatic hydroxyl groups is 1. The van der Waals surface area contributed by atoms with Crippen molar-refractivity contribution in [1.82, 2.24) is 15.6 Å². The Balaban J connectivity index is 0.000000211. The predicted molar refractivity (Wildman–Crippen MR) is 126 cm³/mol. The number of hydrogen-bond donors (Lipinski definition) is 4. The molecule has 2 heterocycles. The van der Waals surface area contributed by atoms with Crippen molar-refractivity contribution < 1.29 is 28.6 Å². The Morgan fingerprint density at radius 2 is 1.71 bits per heavy atom. The van der Waals surface area contributed by atoms with E-state index in [4.69, 9.17) is 10.5 Å². The highest BCUT2D eigenvalue weighted by atomic mass is 19.1. The summed E-state index contributed by atoms with van der Waals surface area (Å²) in [6.07, 6.45) is 4.26. The van der Waals surface area contributed by atoms with Gasteiger partial charge in [-0.15, -0.1) is 0 Å². The number of nitrogens with two attached hydrogens (primary N) is 1. The third-order valence-electron chi connectivity index (χ3n) is 5.30. The number of pyridine rings is 1. The number of amides is 2. The number of halogens is 1. The third-order valence-corrected chi connectivity index (χ3v) is 5.30. The molecule has 0 saturated carbocycles. The van der Waals surface area contributed by atoms with E-state index in [9.17, 15) is 23.9 Å². The molecular formula is C25H25FN4O5. The van der Waals surface area contributed by atoms with Crippen LogP contribution in [0.3, 0.4) is 0 Å². The molecule has 1 aromatic heterocycles. The Hall–Kier alpha value is -4.31. The van der Waals surface area contributed by atoms with E-state index in [0.29, 0.717) is 5.56 Å². The molecule has 1 aliphatic heterocycles.